The molecule has 0 saturated carbocycles. The summed E-state index contributed by atoms with van der Waals surface area (Å²) in [4.78, 5) is 20.4. The molecular weight excluding hydrogens is 336 g/mol. The van der Waals surface area contributed by atoms with E-state index in [4.69, 9.17) is 11.6 Å². The predicted octanol–water partition coefficient (Wildman–Crippen LogP) is 4.42. The minimum atomic E-state index is -0.194. The van der Waals surface area contributed by atoms with Gasteiger partial charge in [0.2, 0.25) is 0 Å². The molecule has 0 radical (unpaired) electrons. The molecule has 2 N–H and O–H groups in total. The van der Waals surface area contributed by atoms with E-state index in [1.165, 1.54) is 0 Å². The number of aryl methyl sites for hydroxylation is 1. The summed E-state index contributed by atoms with van der Waals surface area (Å²) in [5.74, 6) is 0.293. The number of carbonyl (C=O) groups is 1. The molecule has 0 fully saturated rings. The van der Waals surface area contributed by atoms with Crippen LogP contribution in [0.2, 0.25) is 0 Å². The molecule has 1 aromatic carbocycles. The van der Waals surface area contributed by atoms with Gasteiger partial charge in [0.25, 0.3) is 5.91 Å². The molecule has 2 aromatic rings. The summed E-state index contributed by atoms with van der Waals surface area (Å²) in [6.07, 6.45) is 3.26. The smallest absolute Gasteiger partial charge is 0.257 e. The standard InChI is InChI=1S/C19H21ClN4O/c1-12-8-17(11-21-10-12)19(25)24-18-7-5-6-16(9-18)13(2)22-15(4)23-14(3)20/h5-11,13,22H,4H2,1-3H3,(H,24,25). The molecule has 25 heavy (non-hydrogen) atoms. The van der Waals surface area contributed by atoms with Gasteiger partial charge >= 0.3 is 0 Å². The number of halogens is 1. The number of rotatable bonds is 6. The average molecular weight is 357 g/mol. The Morgan fingerprint density at radius 2 is 2.08 bits per heavy atom. The quantitative estimate of drug-likeness (QED) is 0.753. The first kappa shape index (κ1) is 18.7. The van der Waals surface area contributed by atoms with Crippen LogP contribution in [0.3, 0.4) is 0 Å². The monoisotopic (exact) mass is 356 g/mol. The molecule has 5 nitrogen and oxygen atoms in total. The van der Waals surface area contributed by atoms with Gasteiger partial charge in [0.05, 0.1) is 5.56 Å². The minimum absolute atomic E-state index is 0.0373. The number of nitrogens with zero attached hydrogens (tertiary/aromatic N) is 2. The molecule has 0 aliphatic carbocycles. The van der Waals surface area contributed by atoms with Crippen molar-refractivity contribution in [3.63, 3.8) is 0 Å². The number of anilines is 1. The van der Waals surface area contributed by atoms with Crippen LogP contribution in [0.4, 0.5) is 5.69 Å². The van der Waals surface area contributed by atoms with Crippen molar-refractivity contribution in [2.75, 3.05) is 5.32 Å². The molecule has 1 unspecified atom stereocenters. The van der Waals surface area contributed by atoms with Gasteiger partial charge in [0.1, 0.15) is 11.0 Å². The highest BCUT2D eigenvalue weighted by Crippen LogP contribution is 2.19. The molecule has 1 aromatic heterocycles. The Bertz CT molecular complexity index is 813. The third-order valence-corrected chi connectivity index (χ3v) is 3.54. The van der Waals surface area contributed by atoms with E-state index in [0.29, 0.717) is 22.2 Å². The van der Waals surface area contributed by atoms with E-state index in [1.807, 2.05) is 38.1 Å². The Morgan fingerprint density at radius 1 is 1.32 bits per heavy atom. The molecule has 0 bridgehead atoms. The lowest BCUT2D eigenvalue weighted by atomic mass is 10.1. The first-order chi connectivity index (χ1) is 11.8. The van der Waals surface area contributed by atoms with Crippen LogP contribution < -0.4 is 10.6 Å². The van der Waals surface area contributed by atoms with Gasteiger partial charge in [-0.1, -0.05) is 30.3 Å². The molecule has 2 rings (SSSR count). The number of hydrogen-bond acceptors (Lipinski definition) is 4. The van der Waals surface area contributed by atoms with Gasteiger partial charge in [-0.15, -0.1) is 0 Å². The predicted molar refractivity (Wildman–Crippen MR) is 103 cm³/mol. The van der Waals surface area contributed by atoms with Crippen LogP contribution in [0.15, 0.2) is 60.1 Å². The SMILES string of the molecule is C=C(N=C(C)Cl)NC(C)c1cccc(NC(=O)c2cncc(C)c2)c1. The lowest BCUT2D eigenvalue weighted by molar-refractivity contribution is 0.102. The fraction of sp³-hybridized carbons (Fsp3) is 0.211. The third-order valence-electron chi connectivity index (χ3n) is 3.45. The van der Waals surface area contributed by atoms with E-state index >= 15 is 0 Å². The average Bonchev–Trinajstić information content (AvgIpc) is 2.54. The molecule has 1 atom stereocenters. The van der Waals surface area contributed by atoms with Crippen molar-refractivity contribution in [2.45, 2.75) is 26.8 Å². The highest BCUT2D eigenvalue weighted by molar-refractivity contribution is 6.64. The maximum Gasteiger partial charge on any atom is 0.257 e. The van der Waals surface area contributed by atoms with Crippen molar-refractivity contribution in [2.24, 2.45) is 4.99 Å². The first-order valence-corrected chi connectivity index (χ1v) is 8.22. The molecule has 1 amide bonds. The van der Waals surface area contributed by atoms with E-state index in [9.17, 15) is 4.79 Å². The highest BCUT2D eigenvalue weighted by Gasteiger charge is 2.10. The summed E-state index contributed by atoms with van der Waals surface area (Å²) in [5.41, 5.74) is 3.16. The van der Waals surface area contributed by atoms with Crippen LogP contribution in [-0.4, -0.2) is 16.1 Å². The number of pyridine rings is 1. The van der Waals surface area contributed by atoms with Crippen molar-refractivity contribution in [1.29, 1.82) is 0 Å². The summed E-state index contributed by atoms with van der Waals surface area (Å²) in [7, 11) is 0. The lowest BCUT2D eigenvalue weighted by Crippen LogP contribution is -2.17. The van der Waals surface area contributed by atoms with E-state index in [1.54, 1.807) is 25.4 Å². The molecule has 1 heterocycles. The molecule has 0 spiro atoms. The fourth-order valence-corrected chi connectivity index (χ4v) is 2.42. The van der Waals surface area contributed by atoms with E-state index in [0.717, 1.165) is 11.1 Å². The Balaban J connectivity index is 2.09. The second-order valence-electron chi connectivity index (χ2n) is 5.75. The Labute approximate surface area is 152 Å². The van der Waals surface area contributed by atoms with E-state index < -0.39 is 0 Å². The van der Waals surface area contributed by atoms with Crippen LogP contribution >= 0.6 is 11.6 Å². The number of benzene rings is 1. The molecule has 0 saturated heterocycles. The second-order valence-corrected chi connectivity index (χ2v) is 6.30. The molecule has 130 valence electrons. The number of carbonyl (C=O) groups excluding carboxylic acids is 1. The molecule has 6 heteroatoms. The van der Waals surface area contributed by atoms with E-state index in [-0.39, 0.29) is 11.9 Å². The Hall–Kier alpha value is -2.66. The van der Waals surface area contributed by atoms with Crippen molar-refractivity contribution in [3.8, 4) is 0 Å². The lowest BCUT2D eigenvalue weighted by Gasteiger charge is -2.16. The zero-order chi connectivity index (χ0) is 18.4. The number of aromatic nitrogens is 1. The molecular formula is C19H21ClN4O. The van der Waals surface area contributed by atoms with Gasteiger partial charge in [0.15, 0.2) is 0 Å². The topological polar surface area (TPSA) is 66.4 Å². The summed E-state index contributed by atoms with van der Waals surface area (Å²) in [6.45, 7) is 9.39. The van der Waals surface area contributed by atoms with Crippen LogP contribution in [0.25, 0.3) is 0 Å². The fourth-order valence-electron chi connectivity index (χ4n) is 2.32. The Morgan fingerprint density at radius 3 is 2.76 bits per heavy atom. The van der Waals surface area contributed by atoms with Gasteiger partial charge in [-0.3, -0.25) is 9.78 Å². The van der Waals surface area contributed by atoms with Gasteiger partial charge in [0, 0.05) is 24.1 Å². The largest absolute Gasteiger partial charge is 0.364 e. The van der Waals surface area contributed by atoms with Crippen LogP contribution in [0.1, 0.15) is 41.4 Å². The molecule has 0 aliphatic heterocycles. The first-order valence-electron chi connectivity index (χ1n) is 7.84. The zero-order valence-corrected chi connectivity index (χ0v) is 15.3. The highest BCUT2D eigenvalue weighted by atomic mass is 35.5. The Kier molecular flexibility index (Phi) is 6.31. The maximum atomic E-state index is 12.3. The third kappa shape index (κ3) is 5.72. The van der Waals surface area contributed by atoms with Gasteiger partial charge in [-0.25, -0.2) is 4.99 Å². The van der Waals surface area contributed by atoms with E-state index in [2.05, 4.69) is 27.2 Å². The van der Waals surface area contributed by atoms with Crippen molar-refractivity contribution >= 4 is 28.4 Å². The number of hydrogen-bond donors (Lipinski definition) is 2. The van der Waals surface area contributed by atoms with Crippen molar-refractivity contribution in [3.05, 3.63) is 71.8 Å². The number of amides is 1. The van der Waals surface area contributed by atoms with Gasteiger partial charge < -0.3 is 10.6 Å². The van der Waals surface area contributed by atoms with Gasteiger partial charge in [-0.2, -0.15) is 0 Å². The van der Waals surface area contributed by atoms with Crippen LogP contribution in [-0.2, 0) is 0 Å². The van der Waals surface area contributed by atoms with Crippen molar-refractivity contribution < 1.29 is 4.79 Å². The normalized spacial score (nSPS) is 12.4. The number of aliphatic imine (C=N–C) groups is 1. The summed E-state index contributed by atoms with van der Waals surface area (Å²) < 4.78 is 0. The zero-order valence-electron chi connectivity index (χ0n) is 14.5. The summed E-state index contributed by atoms with van der Waals surface area (Å²) >= 11 is 5.75. The summed E-state index contributed by atoms with van der Waals surface area (Å²) in [5, 5.41) is 6.46. The van der Waals surface area contributed by atoms with Crippen LogP contribution in [0, 0.1) is 6.92 Å². The molecule has 0 aliphatic rings. The number of nitrogens with one attached hydrogen (secondary N) is 2. The van der Waals surface area contributed by atoms with Crippen molar-refractivity contribution in [1.82, 2.24) is 10.3 Å². The summed E-state index contributed by atoms with van der Waals surface area (Å²) in [6, 6.07) is 9.36. The van der Waals surface area contributed by atoms with Gasteiger partial charge in [-0.05, 0) is 50.1 Å². The van der Waals surface area contributed by atoms with Crippen LogP contribution in [0.5, 0.6) is 0 Å². The second kappa shape index (κ2) is 8.44. The minimum Gasteiger partial charge on any atom is -0.364 e. The maximum absolute atomic E-state index is 12.3.